The molecule has 3 rings (SSSR count). The van der Waals surface area contributed by atoms with E-state index >= 15 is 0 Å². The highest BCUT2D eigenvalue weighted by Crippen LogP contribution is 2.26. The van der Waals surface area contributed by atoms with Gasteiger partial charge in [0.25, 0.3) is 0 Å². The number of fused-ring (bicyclic) bond motifs is 1. The highest BCUT2D eigenvalue weighted by molar-refractivity contribution is 6.03. The lowest BCUT2D eigenvalue weighted by Crippen LogP contribution is -2.00. The summed E-state index contributed by atoms with van der Waals surface area (Å²) in [6.07, 6.45) is 1.59. The molecule has 0 spiro atoms. The number of hydrogen-bond donors (Lipinski definition) is 2. The Bertz CT molecular complexity index is 778. The van der Waals surface area contributed by atoms with E-state index in [9.17, 15) is 9.90 Å². The van der Waals surface area contributed by atoms with Crippen molar-refractivity contribution >= 4 is 17.0 Å². The predicted octanol–water partition coefficient (Wildman–Crippen LogP) is 2.49. The van der Waals surface area contributed by atoms with Crippen LogP contribution in [0.4, 0.5) is 0 Å². The van der Waals surface area contributed by atoms with Crippen LogP contribution in [0.5, 0.6) is 5.75 Å². The summed E-state index contributed by atoms with van der Waals surface area (Å²) in [5.74, 6) is -1.45. The lowest BCUT2D eigenvalue weighted by atomic mass is 10.1. The molecule has 20 heavy (non-hydrogen) atoms. The van der Waals surface area contributed by atoms with Crippen molar-refractivity contribution < 1.29 is 15.0 Å². The van der Waals surface area contributed by atoms with E-state index in [0.29, 0.717) is 17.6 Å². The Morgan fingerprint density at radius 2 is 1.90 bits per heavy atom. The lowest BCUT2D eigenvalue weighted by Gasteiger charge is -2.05. The Kier molecular flexibility index (Phi) is 2.87. The molecule has 0 aliphatic rings. The molecule has 1 aromatic heterocycles. The minimum Gasteiger partial charge on any atom is -0.507 e. The van der Waals surface area contributed by atoms with E-state index in [1.54, 1.807) is 12.4 Å². The first-order chi connectivity index (χ1) is 9.66. The summed E-state index contributed by atoms with van der Waals surface area (Å²) in [4.78, 5) is 15.3. The van der Waals surface area contributed by atoms with Gasteiger partial charge in [0.2, 0.25) is 0 Å². The fraction of sp³-hybridized carbons (Fsp3) is 0.0667. The molecule has 100 valence electrons. The van der Waals surface area contributed by atoms with Crippen molar-refractivity contribution in [3.05, 3.63) is 59.9 Å². The molecule has 0 amide bonds. The molecular weight excluding hydrogens is 256 g/mol. The number of carbonyl (C=O) groups is 1. The molecule has 0 atom stereocenters. The van der Waals surface area contributed by atoms with Gasteiger partial charge < -0.3 is 14.8 Å². The first-order valence-corrected chi connectivity index (χ1v) is 6.11. The Balaban J connectivity index is 2.11. The maximum absolute atomic E-state index is 11.2. The van der Waals surface area contributed by atoms with Crippen LogP contribution in [0.2, 0.25) is 0 Å². The number of aromatic hydroxyl groups is 1. The number of hydrogen-bond acceptors (Lipinski definition) is 3. The van der Waals surface area contributed by atoms with Crippen LogP contribution in [0, 0.1) is 0 Å². The molecule has 0 unspecified atom stereocenters. The molecule has 2 N–H and O–H groups in total. The maximum atomic E-state index is 11.2. The Morgan fingerprint density at radius 1 is 1.15 bits per heavy atom. The van der Waals surface area contributed by atoms with Crippen LogP contribution in [0.25, 0.3) is 11.0 Å². The van der Waals surface area contributed by atoms with E-state index < -0.39 is 5.97 Å². The number of nitrogens with zero attached hydrogens (tertiary/aromatic N) is 2. The number of carboxylic acids is 1. The minimum absolute atomic E-state index is 0.158. The van der Waals surface area contributed by atoms with E-state index in [1.807, 2.05) is 34.9 Å². The number of phenols is 1. The van der Waals surface area contributed by atoms with Gasteiger partial charge in [0.05, 0.1) is 11.8 Å². The molecule has 0 saturated carbocycles. The van der Waals surface area contributed by atoms with E-state index in [4.69, 9.17) is 5.11 Å². The third-order valence-corrected chi connectivity index (χ3v) is 3.18. The van der Waals surface area contributed by atoms with Gasteiger partial charge in [-0.3, -0.25) is 0 Å². The Hall–Kier alpha value is -2.82. The molecule has 3 aromatic rings. The topological polar surface area (TPSA) is 75.3 Å². The molecule has 0 saturated heterocycles. The zero-order valence-corrected chi connectivity index (χ0v) is 10.5. The fourth-order valence-corrected chi connectivity index (χ4v) is 2.24. The summed E-state index contributed by atoms with van der Waals surface area (Å²) in [7, 11) is 0. The highest BCUT2D eigenvalue weighted by atomic mass is 16.4. The largest absolute Gasteiger partial charge is 0.507 e. The quantitative estimate of drug-likeness (QED) is 0.765. The number of aromatic carboxylic acids is 1. The van der Waals surface area contributed by atoms with Crippen LogP contribution < -0.4 is 0 Å². The average Bonchev–Trinajstić information content (AvgIpc) is 2.82. The van der Waals surface area contributed by atoms with Crippen LogP contribution in [0.1, 0.15) is 15.9 Å². The molecule has 5 nitrogen and oxygen atoms in total. The standard InChI is InChI=1S/C15H12N2O3/c18-12-7-6-11-14(13(12)15(19)20)16-9-17(11)8-10-4-2-1-3-5-10/h1-7,9,18H,8H2,(H,19,20). The van der Waals surface area contributed by atoms with Crippen molar-refractivity contribution in [1.82, 2.24) is 9.55 Å². The van der Waals surface area contributed by atoms with Crippen molar-refractivity contribution in [2.45, 2.75) is 6.54 Å². The van der Waals surface area contributed by atoms with Gasteiger partial charge in [-0.1, -0.05) is 30.3 Å². The summed E-state index contributed by atoms with van der Waals surface area (Å²) in [6.45, 7) is 0.598. The number of benzene rings is 2. The molecule has 0 bridgehead atoms. The molecule has 0 aliphatic heterocycles. The van der Waals surface area contributed by atoms with Crippen molar-refractivity contribution in [3.63, 3.8) is 0 Å². The van der Waals surface area contributed by atoms with E-state index in [-0.39, 0.29) is 11.3 Å². The van der Waals surface area contributed by atoms with Crippen LogP contribution in [-0.4, -0.2) is 25.7 Å². The Labute approximate surface area is 114 Å². The highest BCUT2D eigenvalue weighted by Gasteiger charge is 2.17. The molecule has 0 fully saturated rings. The zero-order valence-electron chi connectivity index (χ0n) is 10.5. The maximum Gasteiger partial charge on any atom is 0.341 e. The molecule has 2 aromatic carbocycles. The van der Waals surface area contributed by atoms with Gasteiger partial charge in [-0.15, -0.1) is 0 Å². The van der Waals surface area contributed by atoms with Crippen LogP contribution >= 0.6 is 0 Å². The van der Waals surface area contributed by atoms with Crippen molar-refractivity contribution in [1.29, 1.82) is 0 Å². The molecule has 5 heteroatoms. The minimum atomic E-state index is -1.18. The number of aromatic nitrogens is 2. The SMILES string of the molecule is O=C(O)c1c(O)ccc2c1ncn2Cc1ccccc1. The second-order valence-electron chi connectivity index (χ2n) is 4.49. The lowest BCUT2D eigenvalue weighted by molar-refractivity contribution is 0.0696. The molecule has 0 aliphatic carbocycles. The monoisotopic (exact) mass is 268 g/mol. The summed E-state index contributed by atoms with van der Waals surface area (Å²) in [5, 5.41) is 18.8. The molecule has 1 heterocycles. The van der Waals surface area contributed by atoms with Crippen molar-refractivity contribution in [2.75, 3.05) is 0 Å². The second kappa shape index (κ2) is 4.70. The zero-order chi connectivity index (χ0) is 14.1. The van der Waals surface area contributed by atoms with E-state index in [2.05, 4.69) is 4.98 Å². The average molecular weight is 268 g/mol. The number of imidazole rings is 1. The summed E-state index contributed by atoms with van der Waals surface area (Å²) in [5.41, 5.74) is 1.92. The second-order valence-corrected chi connectivity index (χ2v) is 4.49. The third-order valence-electron chi connectivity index (χ3n) is 3.18. The van der Waals surface area contributed by atoms with Gasteiger partial charge >= 0.3 is 5.97 Å². The van der Waals surface area contributed by atoms with Crippen molar-refractivity contribution in [2.24, 2.45) is 0 Å². The van der Waals surface area contributed by atoms with Gasteiger partial charge in [0.1, 0.15) is 16.8 Å². The van der Waals surface area contributed by atoms with Crippen LogP contribution in [-0.2, 0) is 6.54 Å². The fourth-order valence-electron chi connectivity index (χ4n) is 2.24. The normalized spacial score (nSPS) is 10.8. The third kappa shape index (κ3) is 1.99. The first kappa shape index (κ1) is 12.2. The van der Waals surface area contributed by atoms with Gasteiger partial charge in [-0.2, -0.15) is 0 Å². The van der Waals surface area contributed by atoms with Gasteiger partial charge in [-0.25, -0.2) is 9.78 Å². The number of carboxylic acid groups (broad SMARTS) is 1. The Morgan fingerprint density at radius 3 is 2.60 bits per heavy atom. The van der Waals surface area contributed by atoms with Gasteiger partial charge in [-0.05, 0) is 17.7 Å². The van der Waals surface area contributed by atoms with Gasteiger partial charge in [0.15, 0.2) is 0 Å². The number of rotatable bonds is 3. The summed E-state index contributed by atoms with van der Waals surface area (Å²) >= 11 is 0. The predicted molar refractivity (Wildman–Crippen MR) is 73.9 cm³/mol. The van der Waals surface area contributed by atoms with E-state index in [1.165, 1.54) is 6.07 Å². The van der Waals surface area contributed by atoms with Crippen LogP contribution in [0.3, 0.4) is 0 Å². The smallest absolute Gasteiger partial charge is 0.341 e. The summed E-state index contributed by atoms with van der Waals surface area (Å²) < 4.78 is 1.86. The van der Waals surface area contributed by atoms with E-state index in [0.717, 1.165) is 5.56 Å². The molecular formula is C15H12N2O3. The van der Waals surface area contributed by atoms with Gasteiger partial charge in [0, 0.05) is 6.54 Å². The van der Waals surface area contributed by atoms with Crippen LogP contribution in [0.15, 0.2) is 48.8 Å². The summed E-state index contributed by atoms with van der Waals surface area (Å²) in [6, 6.07) is 12.9. The van der Waals surface area contributed by atoms with Crippen molar-refractivity contribution in [3.8, 4) is 5.75 Å². The first-order valence-electron chi connectivity index (χ1n) is 6.11. The molecule has 0 radical (unpaired) electrons.